The van der Waals surface area contributed by atoms with Crippen molar-refractivity contribution in [1.29, 1.82) is 0 Å². The highest BCUT2D eigenvalue weighted by Crippen LogP contribution is 2.21. The smallest absolute Gasteiger partial charge is 0.260 e. The summed E-state index contributed by atoms with van der Waals surface area (Å²) in [5, 5.41) is 11.1. The molecule has 0 saturated carbocycles. The van der Waals surface area contributed by atoms with Gasteiger partial charge in [-0.25, -0.2) is 0 Å². The van der Waals surface area contributed by atoms with Crippen molar-refractivity contribution in [2.24, 2.45) is 0 Å². The van der Waals surface area contributed by atoms with Crippen molar-refractivity contribution in [2.75, 3.05) is 20.3 Å². The topological polar surface area (TPSA) is 82.6 Å². The molecule has 162 valence electrons. The maximum absolute atomic E-state index is 12.2. The number of methoxy groups -OCH3 is 1. The van der Waals surface area contributed by atoms with Crippen molar-refractivity contribution >= 4 is 5.91 Å². The number of carbonyl (C=O) groups excluding carboxylic acids is 1. The Bertz CT molecular complexity index is 958. The molecule has 3 rings (SSSR count). The van der Waals surface area contributed by atoms with Gasteiger partial charge in [0.25, 0.3) is 5.91 Å². The average Bonchev–Trinajstić information content (AvgIpc) is 2.82. The van der Waals surface area contributed by atoms with Gasteiger partial charge in [0.2, 0.25) is 5.88 Å². The number of ether oxygens (including phenoxy) is 3. The molecular formula is C24H27N3O4. The number of hydrogen-bond donors (Lipinski definition) is 1. The minimum Gasteiger partial charge on any atom is -0.497 e. The van der Waals surface area contributed by atoms with Gasteiger partial charge in [0.05, 0.1) is 19.3 Å². The van der Waals surface area contributed by atoms with Crippen LogP contribution in [0.2, 0.25) is 0 Å². The zero-order chi connectivity index (χ0) is 22.1. The summed E-state index contributed by atoms with van der Waals surface area (Å²) in [6.45, 7) is 4.42. The van der Waals surface area contributed by atoms with E-state index in [9.17, 15) is 4.79 Å². The molecule has 0 fully saturated rings. The summed E-state index contributed by atoms with van der Waals surface area (Å²) in [4.78, 5) is 12.2. The minimum atomic E-state index is -0.601. The lowest BCUT2D eigenvalue weighted by Gasteiger charge is -2.15. The van der Waals surface area contributed by atoms with Gasteiger partial charge in [-0.2, -0.15) is 0 Å². The van der Waals surface area contributed by atoms with Gasteiger partial charge in [-0.1, -0.05) is 19.1 Å². The highest BCUT2D eigenvalue weighted by atomic mass is 16.5. The number of nitrogens with one attached hydrogen (secondary N) is 1. The first-order valence-corrected chi connectivity index (χ1v) is 10.2. The SMILES string of the molecule is CCc1ccc(OC(C)C(=O)NCCOc2ccc(-c3ccc(OC)cc3)nn2)cc1. The second kappa shape index (κ2) is 11.0. The lowest BCUT2D eigenvalue weighted by Crippen LogP contribution is -2.38. The molecule has 0 aliphatic carbocycles. The van der Waals surface area contributed by atoms with Gasteiger partial charge < -0.3 is 19.5 Å². The zero-order valence-electron chi connectivity index (χ0n) is 18.0. The molecule has 1 unspecified atom stereocenters. The average molecular weight is 421 g/mol. The van der Waals surface area contributed by atoms with Crippen LogP contribution in [0.1, 0.15) is 19.4 Å². The van der Waals surface area contributed by atoms with E-state index < -0.39 is 6.10 Å². The molecular weight excluding hydrogens is 394 g/mol. The molecule has 31 heavy (non-hydrogen) atoms. The van der Waals surface area contributed by atoms with Gasteiger partial charge in [-0.3, -0.25) is 4.79 Å². The van der Waals surface area contributed by atoms with Gasteiger partial charge in [0.15, 0.2) is 6.10 Å². The fourth-order valence-corrected chi connectivity index (χ4v) is 2.85. The van der Waals surface area contributed by atoms with E-state index in [-0.39, 0.29) is 12.5 Å². The molecule has 0 saturated heterocycles. The Morgan fingerprint density at radius 1 is 0.968 bits per heavy atom. The van der Waals surface area contributed by atoms with Gasteiger partial charge in [-0.05, 0) is 61.4 Å². The molecule has 0 bridgehead atoms. The first-order valence-electron chi connectivity index (χ1n) is 10.2. The number of carbonyl (C=O) groups is 1. The highest BCUT2D eigenvalue weighted by molar-refractivity contribution is 5.80. The quantitative estimate of drug-likeness (QED) is 0.503. The van der Waals surface area contributed by atoms with Crippen LogP contribution >= 0.6 is 0 Å². The van der Waals surface area contributed by atoms with Crippen LogP contribution in [0.4, 0.5) is 0 Å². The van der Waals surface area contributed by atoms with Crippen molar-refractivity contribution < 1.29 is 19.0 Å². The normalized spacial score (nSPS) is 11.5. The number of benzene rings is 2. The third kappa shape index (κ3) is 6.44. The Morgan fingerprint density at radius 2 is 1.68 bits per heavy atom. The molecule has 2 aromatic carbocycles. The largest absolute Gasteiger partial charge is 0.497 e. The van der Waals surface area contributed by atoms with E-state index in [1.807, 2.05) is 54.6 Å². The molecule has 3 aromatic rings. The molecule has 0 aliphatic heterocycles. The van der Waals surface area contributed by atoms with Crippen LogP contribution < -0.4 is 19.5 Å². The van der Waals surface area contributed by atoms with E-state index >= 15 is 0 Å². The molecule has 0 aliphatic rings. The fraction of sp³-hybridized carbons (Fsp3) is 0.292. The van der Waals surface area contributed by atoms with Crippen molar-refractivity contribution in [3.8, 4) is 28.6 Å². The zero-order valence-corrected chi connectivity index (χ0v) is 18.0. The van der Waals surface area contributed by atoms with Crippen LogP contribution in [-0.4, -0.2) is 42.5 Å². The summed E-state index contributed by atoms with van der Waals surface area (Å²) in [5.74, 6) is 1.65. The summed E-state index contributed by atoms with van der Waals surface area (Å²) < 4.78 is 16.4. The van der Waals surface area contributed by atoms with Crippen molar-refractivity contribution in [3.63, 3.8) is 0 Å². The number of amides is 1. The van der Waals surface area contributed by atoms with Crippen LogP contribution in [0.3, 0.4) is 0 Å². The maximum atomic E-state index is 12.2. The summed E-state index contributed by atoms with van der Waals surface area (Å²) in [7, 11) is 1.63. The van der Waals surface area contributed by atoms with Gasteiger partial charge in [-0.15, -0.1) is 10.2 Å². The predicted octanol–water partition coefficient (Wildman–Crippen LogP) is 3.68. The fourth-order valence-electron chi connectivity index (χ4n) is 2.85. The lowest BCUT2D eigenvalue weighted by molar-refractivity contribution is -0.127. The first kappa shape index (κ1) is 22.1. The number of nitrogens with zero attached hydrogens (tertiary/aromatic N) is 2. The molecule has 0 radical (unpaired) electrons. The number of hydrogen-bond acceptors (Lipinski definition) is 6. The molecule has 1 amide bonds. The summed E-state index contributed by atoms with van der Waals surface area (Å²) in [6, 6.07) is 18.9. The molecule has 0 spiro atoms. The highest BCUT2D eigenvalue weighted by Gasteiger charge is 2.14. The van der Waals surface area contributed by atoms with Gasteiger partial charge >= 0.3 is 0 Å². The van der Waals surface area contributed by atoms with E-state index in [1.54, 1.807) is 20.1 Å². The molecule has 1 N–H and O–H groups in total. The Kier molecular flexibility index (Phi) is 7.81. The van der Waals surface area contributed by atoms with Crippen LogP contribution in [-0.2, 0) is 11.2 Å². The monoisotopic (exact) mass is 421 g/mol. The number of aromatic nitrogens is 2. The standard InChI is InChI=1S/C24H27N3O4/c1-4-18-5-9-21(10-6-18)31-17(2)24(28)25-15-16-30-23-14-13-22(26-27-23)19-7-11-20(29-3)12-8-19/h5-14,17H,4,15-16H2,1-3H3,(H,25,28). The Labute approximate surface area is 182 Å². The third-order valence-electron chi connectivity index (χ3n) is 4.69. The second-order valence-corrected chi connectivity index (χ2v) is 6.88. The van der Waals surface area contributed by atoms with Gasteiger partial charge in [0.1, 0.15) is 18.1 Å². The summed E-state index contributed by atoms with van der Waals surface area (Å²) in [5.41, 5.74) is 2.90. The Morgan fingerprint density at radius 3 is 2.29 bits per heavy atom. The van der Waals surface area contributed by atoms with E-state index in [2.05, 4.69) is 22.4 Å². The van der Waals surface area contributed by atoms with E-state index in [0.29, 0.717) is 18.2 Å². The Balaban J connectivity index is 1.40. The van der Waals surface area contributed by atoms with E-state index in [4.69, 9.17) is 14.2 Å². The maximum Gasteiger partial charge on any atom is 0.260 e. The minimum absolute atomic E-state index is 0.205. The third-order valence-corrected chi connectivity index (χ3v) is 4.69. The predicted molar refractivity (Wildman–Crippen MR) is 118 cm³/mol. The summed E-state index contributed by atoms with van der Waals surface area (Å²) >= 11 is 0. The molecule has 7 nitrogen and oxygen atoms in total. The van der Waals surface area contributed by atoms with Crippen molar-refractivity contribution in [2.45, 2.75) is 26.4 Å². The van der Waals surface area contributed by atoms with Crippen molar-refractivity contribution in [3.05, 3.63) is 66.2 Å². The van der Waals surface area contributed by atoms with E-state index in [0.717, 1.165) is 23.4 Å². The van der Waals surface area contributed by atoms with Crippen LogP contribution in [0.15, 0.2) is 60.7 Å². The molecule has 1 heterocycles. The van der Waals surface area contributed by atoms with Crippen LogP contribution in [0.25, 0.3) is 11.3 Å². The number of rotatable bonds is 10. The Hall–Kier alpha value is -3.61. The summed E-state index contributed by atoms with van der Waals surface area (Å²) in [6.07, 6.45) is 0.362. The lowest BCUT2D eigenvalue weighted by atomic mass is 10.1. The number of aryl methyl sites for hydroxylation is 1. The van der Waals surface area contributed by atoms with Gasteiger partial charge in [0, 0.05) is 11.6 Å². The van der Waals surface area contributed by atoms with E-state index in [1.165, 1.54) is 5.56 Å². The van der Waals surface area contributed by atoms with Crippen LogP contribution in [0.5, 0.6) is 17.4 Å². The molecule has 7 heteroatoms. The van der Waals surface area contributed by atoms with Crippen molar-refractivity contribution in [1.82, 2.24) is 15.5 Å². The molecule has 1 atom stereocenters. The second-order valence-electron chi connectivity index (χ2n) is 6.88. The first-order chi connectivity index (χ1) is 15.1. The molecule has 1 aromatic heterocycles. The van der Waals surface area contributed by atoms with Crippen LogP contribution in [0, 0.1) is 0 Å².